The first-order valence-electron chi connectivity index (χ1n) is 5.34. The summed E-state index contributed by atoms with van der Waals surface area (Å²) in [5, 5.41) is 0. The first kappa shape index (κ1) is 12.7. The van der Waals surface area contributed by atoms with Crippen molar-refractivity contribution in [1.29, 1.82) is 0 Å². The predicted molar refractivity (Wildman–Crippen MR) is 75.9 cm³/mol. The highest BCUT2D eigenvalue weighted by molar-refractivity contribution is 9.11. The van der Waals surface area contributed by atoms with E-state index in [2.05, 4.69) is 36.8 Å². The highest BCUT2D eigenvalue weighted by atomic mass is 79.9. The van der Waals surface area contributed by atoms with Crippen LogP contribution in [-0.2, 0) is 0 Å². The van der Waals surface area contributed by atoms with Gasteiger partial charge in [-0.2, -0.15) is 0 Å². The summed E-state index contributed by atoms with van der Waals surface area (Å²) in [4.78, 5) is 4.26. The summed E-state index contributed by atoms with van der Waals surface area (Å²) in [5.74, 6) is -1.25. The van der Waals surface area contributed by atoms with Gasteiger partial charge in [0, 0.05) is 16.9 Å². The fourth-order valence-corrected chi connectivity index (χ4v) is 3.18. The lowest BCUT2D eigenvalue weighted by atomic mass is 10.1. The summed E-state index contributed by atoms with van der Waals surface area (Å²) in [6.07, 6.45) is 3.36. The molecule has 0 saturated heterocycles. The van der Waals surface area contributed by atoms with Crippen molar-refractivity contribution in [3.05, 3.63) is 57.2 Å². The van der Waals surface area contributed by atoms with E-state index in [1.165, 1.54) is 18.2 Å². The van der Waals surface area contributed by atoms with E-state index in [4.69, 9.17) is 0 Å². The lowest BCUT2D eigenvalue weighted by molar-refractivity contribution is 0.589. The van der Waals surface area contributed by atoms with Gasteiger partial charge in [0.25, 0.3) is 0 Å². The van der Waals surface area contributed by atoms with Crippen molar-refractivity contribution in [2.45, 2.75) is 0 Å². The van der Waals surface area contributed by atoms with Gasteiger partial charge in [0.1, 0.15) is 11.6 Å². The van der Waals surface area contributed by atoms with Gasteiger partial charge < -0.3 is 4.40 Å². The molecule has 0 aliphatic rings. The molecule has 0 unspecified atom stereocenters. The highest BCUT2D eigenvalue weighted by Gasteiger charge is 2.15. The van der Waals surface area contributed by atoms with Crippen LogP contribution in [0, 0.1) is 11.6 Å². The number of nitrogens with zero attached hydrogens (tertiary/aromatic N) is 2. The van der Waals surface area contributed by atoms with Crippen LogP contribution in [0.3, 0.4) is 0 Å². The second-order valence-electron chi connectivity index (χ2n) is 3.96. The molecule has 0 atom stereocenters. The van der Waals surface area contributed by atoms with E-state index in [1.807, 2.05) is 6.07 Å². The molecule has 0 bridgehead atoms. The van der Waals surface area contributed by atoms with Crippen LogP contribution >= 0.6 is 31.9 Å². The standard InChI is InChI=1S/C13H6Br2F2N2/c14-7-4-8(15)13-18-11(6-19(13)5-7)12-9(16)2-1-3-10(12)17/h1-6H. The molecule has 2 nitrogen and oxygen atoms in total. The number of hydrogen-bond acceptors (Lipinski definition) is 1. The van der Waals surface area contributed by atoms with Crippen LogP contribution in [0.5, 0.6) is 0 Å². The molecule has 0 fully saturated rings. The summed E-state index contributed by atoms with van der Waals surface area (Å²) >= 11 is 6.72. The quantitative estimate of drug-likeness (QED) is 0.586. The molecule has 1 aromatic carbocycles. The number of halogens is 4. The zero-order valence-electron chi connectivity index (χ0n) is 9.37. The number of hydrogen-bond donors (Lipinski definition) is 0. The van der Waals surface area contributed by atoms with Crippen LogP contribution in [0.25, 0.3) is 16.9 Å². The molecule has 3 aromatic rings. The molecule has 96 valence electrons. The lowest BCUT2D eigenvalue weighted by Crippen LogP contribution is -1.89. The molecule has 0 aliphatic heterocycles. The molecule has 0 amide bonds. The molecule has 2 aromatic heterocycles. The van der Waals surface area contributed by atoms with Gasteiger partial charge >= 0.3 is 0 Å². The van der Waals surface area contributed by atoms with Gasteiger partial charge in [-0.25, -0.2) is 13.8 Å². The minimum absolute atomic E-state index is 0.116. The Balaban J connectivity index is 2.30. The molecule has 0 aliphatic carbocycles. The molecule has 0 N–H and O–H groups in total. The van der Waals surface area contributed by atoms with Crippen LogP contribution < -0.4 is 0 Å². The van der Waals surface area contributed by atoms with Gasteiger partial charge in [0.15, 0.2) is 5.65 Å². The van der Waals surface area contributed by atoms with Crippen LogP contribution in [0.15, 0.2) is 45.6 Å². The first-order chi connectivity index (χ1) is 9.06. The van der Waals surface area contributed by atoms with Crippen molar-refractivity contribution < 1.29 is 8.78 Å². The van der Waals surface area contributed by atoms with Crippen LogP contribution in [0.4, 0.5) is 8.78 Å². The first-order valence-corrected chi connectivity index (χ1v) is 6.93. The third-order valence-corrected chi connectivity index (χ3v) is 3.71. The third kappa shape index (κ3) is 2.19. The molecule has 0 saturated carbocycles. The zero-order chi connectivity index (χ0) is 13.6. The normalized spacial score (nSPS) is 11.2. The van der Waals surface area contributed by atoms with Gasteiger partial charge in [-0.1, -0.05) is 6.07 Å². The topological polar surface area (TPSA) is 17.3 Å². The average molecular weight is 388 g/mol. The Labute approximate surface area is 124 Å². The minimum Gasteiger partial charge on any atom is -0.304 e. The number of fused-ring (bicyclic) bond motifs is 1. The van der Waals surface area contributed by atoms with Crippen molar-refractivity contribution in [2.75, 3.05) is 0 Å². The van der Waals surface area contributed by atoms with Gasteiger partial charge in [-0.3, -0.25) is 0 Å². The van der Waals surface area contributed by atoms with E-state index in [1.54, 1.807) is 16.8 Å². The SMILES string of the molecule is Fc1cccc(F)c1-c1cn2cc(Br)cc(Br)c2n1. The Hall–Kier alpha value is -1.27. The van der Waals surface area contributed by atoms with Crippen molar-refractivity contribution in [2.24, 2.45) is 0 Å². The van der Waals surface area contributed by atoms with Crippen LogP contribution in [0.2, 0.25) is 0 Å². The zero-order valence-corrected chi connectivity index (χ0v) is 12.5. The number of benzene rings is 1. The maximum atomic E-state index is 13.7. The van der Waals surface area contributed by atoms with Crippen molar-refractivity contribution in [3.8, 4) is 11.3 Å². The Bertz CT molecular complexity index is 763. The lowest BCUT2D eigenvalue weighted by Gasteiger charge is -1.99. The van der Waals surface area contributed by atoms with Crippen LogP contribution in [0.1, 0.15) is 0 Å². The van der Waals surface area contributed by atoms with Gasteiger partial charge in [-0.15, -0.1) is 0 Å². The maximum absolute atomic E-state index is 13.7. The van der Waals surface area contributed by atoms with E-state index in [0.717, 1.165) is 8.95 Å². The largest absolute Gasteiger partial charge is 0.304 e. The molecule has 19 heavy (non-hydrogen) atoms. The summed E-state index contributed by atoms with van der Waals surface area (Å²) in [6, 6.07) is 5.58. The third-order valence-electron chi connectivity index (χ3n) is 2.69. The van der Waals surface area contributed by atoms with E-state index in [0.29, 0.717) is 5.65 Å². The van der Waals surface area contributed by atoms with Crippen molar-refractivity contribution in [3.63, 3.8) is 0 Å². The van der Waals surface area contributed by atoms with Gasteiger partial charge in [0.2, 0.25) is 0 Å². The number of rotatable bonds is 1. The second kappa shape index (κ2) is 4.68. The Morgan fingerprint density at radius 1 is 1.05 bits per heavy atom. The van der Waals surface area contributed by atoms with Gasteiger partial charge in [0.05, 0.1) is 15.7 Å². The highest BCUT2D eigenvalue weighted by Crippen LogP contribution is 2.29. The van der Waals surface area contributed by atoms with Crippen molar-refractivity contribution in [1.82, 2.24) is 9.38 Å². The van der Waals surface area contributed by atoms with E-state index in [9.17, 15) is 8.78 Å². The monoisotopic (exact) mass is 386 g/mol. The fraction of sp³-hybridized carbons (Fsp3) is 0. The molecule has 0 radical (unpaired) electrons. The predicted octanol–water partition coefficient (Wildman–Crippen LogP) is 4.80. The van der Waals surface area contributed by atoms with E-state index >= 15 is 0 Å². The second-order valence-corrected chi connectivity index (χ2v) is 5.73. The molecule has 0 spiro atoms. The smallest absolute Gasteiger partial charge is 0.151 e. The van der Waals surface area contributed by atoms with Crippen molar-refractivity contribution >= 4 is 37.5 Å². The van der Waals surface area contributed by atoms with Crippen LogP contribution in [-0.4, -0.2) is 9.38 Å². The number of imidazole rings is 1. The Morgan fingerprint density at radius 2 is 1.74 bits per heavy atom. The van der Waals surface area contributed by atoms with E-state index < -0.39 is 11.6 Å². The fourth-order valence-electron chi connectivity index (χ4n) is 1.89. The Morgan fingerprint density at radius 3 is 2.42 bits per heavy atom. The summed E-state index contributed by atoms with van der Waals surface area (Å²) in [5.41, 5.74) is 0.740. The number of pyridine rings is 1. The molecule has 6 heteroatoms. The minimum atomic E-state index is -0.626. The van der Waals surface area contributed by atoms with E-state index in [-0.39, 0.29) is 11.3 Å². The summed E-state index contributed by atoms with van der Waals surface area (Å²) < 4.78 is 30.8. The molecular weight excluding hydrogens is 382 g/mol. The summed E-state index contributed by atoms with van der Waals surface area (Å²) in [6.45, 7) is 0. The van der Waals surface area contributed by atoms with Gasteiger partial charge in [-0.05, 0) is 50.1 Å². The average Bonchev–Trinajstić information content (AvgIpc) is 2.72. The number of aromatic nitrogens is 2. The molecule has 2 heterocycles. The summed E-state index contributed by atoms with van der Waals surface area (Å²) in [7, 11) is 0. The maximum Gasteiger partial charge on any atom is 0.151 e. The molecule has 3 rings (SSSR count). The molecular formula is C13H6Br2F2N2. The Kier molecular flexibility index (Phi) is 3.14.